The highest BCUT2D eigenvalue weighted by Gasteiger charge is 2.38. The Hall–Kier alpha value is -1.10. The van der Waals surface area contributed by atoms with Crippen molar-refractivity contribution in [2.45, 2.75) is 72.9 Å². The molecule has 0 spiro atoms. The predicted octanol–water partition coefficient (Wildman–Crippen LogP) is 3.59. The minimum absolute atomic E-state index is 0.352. The summed E-state index contributed by atoms with van der Waals surface area (Å²) in [4.78, 5) is 0. The molecule has 1 aliphatic rings. The third-order valence-electron chi connectivity index (χ3n) is 4.05. The molecular formula is C16H30N4O. The fourth-order valence-electron chi connectivity index (χ4n) is 3.88. The maximum absolute atomic E-state index is 5.67. The molecule has 0 radical (unpaired) electrons. The molecule has 0 atom stereocenters. The number of aromatic nitrogens is 2. The van der Waals surface area contributed by atoms with E-state index >= 15 is 0 Å². The Bertz CT molecular complexity index is 437. The van der Waals surface area contributed by atoms with Gasteiger partial charge in [0.15, 0.2) is 0 Å². The summed E-state index contributed by atoms with van der Waals surface area (Å²) in [5.41, 5.74) is 0.704. The van der Waals surface area contributed by atoms with Crippen LogP contribution in [0.1, 0.15) is 66.2 Å². The lowest BCUT2D eigenvalue weighted by atomic mass is 9.63. The topological polar surface area (TPSA) is 63.0 Å². The maximum atomic E-state index is 5.67. The number of rotatable bonds is 6. The molecule has 1 saturated carbocycles. The summed E-state index contributed by atoms with van der Waals surface area (Å²) >= 11 is 0. The number of hydrogen-bond donors (Lipinski definition) is 2. The molecule has 0 saturated heterocycles. The number of nitrogens with zero attached hydrogens (tertiary/aromatic N) is 2. The van der Waals surface area contributed by atoms with E-state index in [1.165, 1.54) is 6.42 Å². The second-order valence-corrected chi connectivity index (χ2v) is 7.93. The first-order valence-corrected chi connectivity index (χ1v) is 8.09. The third-order valence-corrected chi connectivity index (χ3v) is 4.05. The monoisotopic (exact) mass is 294 g/mol. The van der Waals surface area contributed by atoms with Crippen molar-refractivity contribution in [1.82, 2.24) is 15.5 Å². The lowest BCUT2D eigenvalue weighted by Crippen LogP contribution is -2.40. The molecular weight excluding hydrogens is 264 g/mol. The van der Waals surface area contributed by atoms with E-state index < -0.39 is 0 Å². The molecule has 1 heterocycles. The van der Waals surface area contributed by atoms with Gasteiger partial charge in [-0.3, -0.25) is 0 Å². The summed E-state index contributed by atoms with van der Waals surface area (Å²) in [5.74, 6) is 0.653. The first-order chi connectivity index (χ1) is 9.80. The van der Waals surface area contributed by atoms with Crippen LogP contribution in [0, 0.1) is 10.8 Å². The summed E-state index contributed by atoms with van der Waals surface area (Å²) < 4.78 is 5.67. The smallest absolute Gasteiger partial charge is 0.315 e. The largest absolute Gasteiger partial charge is 0.407 e. The molecule has 2 N–H and O–H groups in total. The first-order valence-electron chi connectivity index (χ1n) is 8.09. The first kappa shape index (κ1) is 16.3. The van der Waals surface area contributed by atoms with Gasteiger partial charge in [-0.2, -0.15) is 0 Å². The summed E-state index contributed by atoms with van der Waals surface area (Å²) in [7, 11) is 0. The van der Waals surface area contributed by atoms with E-state index in [9.17, 15) is 0 Å². The molecule has 120 valence electrons. The minimum atomic E-state index is 0.352. The molecule has 0 aliphatic heterocycles. The second-order valence-electron chi connectivity index (χ2n) is 7.93. The van der Waals surface area contributed by atoms with Crippen LogP contribution in [-0.2, 0) is 6.54 Å². The summed E-state index contributed by atoms with van der Waals surface area (Å²) in [5, 5.41) is 14.9. The molecule has 0 amide bonds. The minimum Gasteiger partial charge on any atom is -0.407 e. The zero-order valence-electron chi connectivity index (χ0n) is 14.1. The second kappa shape index (κ2) is 6.34. The van der Waals surface area contributed by atoms with Gasteiger partial charge in [0.25, 0.3) is 0 Å². The van der Waals surface area contributed by atoms with Gasteiger partial charge in [0.2, 0.25) is 5.89 Å². The molecule has 5 heteroatoms. The zero-order valence-corrected chi connectivity index (χ0v) is 14.1. The van der Waals surface area contributed by atoms with E-state index in [2.05, 4.69) is 55.4 Å². The van der Waals surface area contributed by atoms with E-state index in [0.717, 1.165) is 25.8 Å². The zero-order chi connectivity index (χ0) is 15.5. The average Bonchev–Trinajstić information content (AvgIpc) is 2.72. The highest BCUT2D eigenvalue weighted by molar-refractivity contribution is 5.21. The molecule has 1 aromatic heterocycles. The van der Waals surface area contributed by atoms with Crippen LogP contribution in [0.15, 0.2) is 4.42 Å². The van der Waals surface area contributed by atoms with Crippen LogP contribution >= 0.6 is 0 Å². The van der Waals surface area contributed by atoms with Crippen LogP contribution in [0.2, 0.25) is 0 Å². The molecule has 0 bridgehead atoms. The van der Waals surface area contributed by atoms with Crippen molar-refractivity contribution in [3.63, 3.8) is 0 Å². The highest BCUT2D eigenvalue weighted by atomic mass is 16.4. The molecule has 1 aliphatic carbocycles. The van der Waals surface area contributed by atoms with Gasteiger partial charge >= 0.3 is 6.01 Å². The van der Waals surface area contributed by atoms with Crippen molar-refractivity contribution >= 4 is 6.01 Å². The van der Waals surface area contributed by atoms with E-state index in [1.807, 2.05) is 0 Å². The van der Waals surface area contributed by atoms with E-state index in [0.29, 0.717) is 35.3 Å². The Morgan fingerprint density at radius 3 is 2.43 bits per heavy atom. The highest BCUT2D eigenvalue weighted by Crippen LogP contribution is 2.46. The van der Waals surface area contributed by atoms with Gasteiger partial charge < -0.3 is 15.1 Å². The standard InChI is InChI=1S/C16H30N4O/c1-6-7-17-10-13-19-20-14(21-13)18-12-8-15(2,3)11-16(4,5)9-12/h12,17H,6-11H2,1-5H3,(H,18,20). The number of anilines is 1. The fraction of sp³-hybridized carbons (Fsp3) is 0.875. The van der Waals surface area contributed by atoms with E-state index in [4.69, 9.17) is 4.42 Å². The molecule has 21 heavy (non-hydrogen) atoms. The average molecular weight is 294 g/mol. The van der Waals surface area contributed by atoms with Gasteiger partial charge in [0.1, 0.15) is 0 Å². The van der Waals surface area contributed by atoms with Crippen molar-refractivity contribution in [3.8, 4) is 0 Å². The summed E-state index contributed by atoms with van der Waals surface area (Å²) in [6.45, 7) is 13.1. The van der Waals surface area contributed by atoms with Gasteiger partial charge in [-0.05, 0) is 43.1 Å². The summed E-state index contributed by atoms with van der Waals surface area (Å²) in [6, 6.07) is 0.961. The third kappa shape index (κ3) is 4.99. The Kier molecular flexibility index (Phi) is 4.91. The number of hydrogen-bond acceptors (Lipinski definition) is 5. The lowest BCUT2D eigenvalue weighted by molar-refractivity contribution is 0.104. The van der Waals surface area contributed by atoms with Crippen molar-refractivity contribution in [2.24, 2.45) is 10.8 Å². The molecule has 0 unspecified atom stereocenters. The Morgan fingerprint density at radius 1 is 1.14 bits per heavy atom. The molecule has 1 fully saturated rings. The van der Waals surface area contributed by atoms with Crippen LogP contribution in [-0.4, -0.2) is 22.8 Å². The van der Waals surface area contributed by atoms with E-state index in [1.54, 1.807) is 0 Å². The Labute approximate surface area is 128 Å². The van der Waals surface area contributed by atoms with Gasteiger partial charge in [-0.15, -0.1) is 5.10 Å². The predicted molar refractivity (Wildman–Crippen MR) is 85.1 cm³/mol. The van der Waals surface area contributed by atoms with Crippen LogP contribution in [0.25, 0.3) is 0 Å². The number of nitrogens with one attached hydrogen (secondary N) is 2. The van der Waals surface area contributed by atoms with Gasteiger partial charge in [0, 0.05) is 6.04 Å². The van der Waals surface area contributed by atoms with Crippen molar-refractivity contribution < 1.29 is 4.42 Å². The Morgan fingerprint density at radius 2 is 1.81 bits per heavy atom. The molecule has 0 aromatic carbocycles. The van der Waals surface area contributed by atoms with Crippen LogP contribution in [0.3, 0.4) is 0 Å². The van der Waals surface area contributed by atoms with Gasteiger partial charge in [-0.25, -0.2) is 0 Å². The van der Waals surface area contributed by atoms with Crippen molar-refractivity contribution in [3.05, 3.63) is 5.89 Å². The van der Waals surface area contributed by atoms with Crippen molar-refractivity contribution in [1.29, 1.82) is 0 Å². The molecule has 2 rings (SSSR count). The molecule has 5 nitrogen and oxygen atoms in total. The van der Waals surface area contributed by atoms with Crippen LogP contribution in [0.4, 0.5) is 6.01 Å². The van der Waals surface area contributed by atoms with Crippen LogP contribution < -0.4 is 10.6 Å². The van der Waals surface area contributed by atoms with Gasteiger partial charge in [-0.1, -0.05) is 39.7 Å². The van der Waals surface area contributed by atoms with Gasteiger partial charge in [0.05, 0.1) is 6.54 Å². The Balaban J connectivity index is 1.92. The van der Waals surface area contributed by atoms with E-state index in [-0.39, 0.29) is 0 Å². The van der Waals surface area contributed by atoms with Crippen LogP contribution in [0.5, 0.6) is 0 Å². The summed E-state index contributed by atoms with van der Waals surface area (Å²) in [6.07, 6.45) is 4.64. The van der Waals surface area contributed by atoms with Crippen molar-refractivity contribution in [2.75, 3.05) is 11.9 Å². The quantitative estimate of drug-likeness (QED) is 0.785. The maximum Gasteiger partial charge on any atom is 0.315 e. The normalized spacial score (nSPS) is 21.4. The molecule has 1 aromatic rings. The SMILES string of the molecule is CCCNCc1nnc(NC2CC(C)(C)CC(C)(C)C2)o1. The lowest BCUT2D eigenvalue weighted by Gasteiger charge is -2.44. The fourth-order valence-corrected chi connectivity index (χ4v) is 3.88.